The van der Waals surface area contributed by atoms with E-state index in [-0.39, 0.29) is 10.9 Å². The third kappa shape index (κ3) is 2.13. The lowest BCUT2D eigenvalue weighted by molar-refractivity contribution is 0.458. The lowest BCUT2D eigenvalue weighted by Gasteiger charge is -2.03. The van der Waals surface area contributed by atoms with Gasteiger partial charge in [0.25, 0.3) is 5.56 Å². The van der Waals surface area contributed by atoms with Crippen LogP contribution in [0.4, 0.5) is 0 Å². The number of aromatic amines is 1. The number of aromatic nitrogens is 3. The molecular weight excluding hydrogens is 218 g/mol. The molecule has 2 aromatic rings. The highest BCUT2D eigenvalue weighted by Crippen LogP contribution is 2.22. The maximum atomic E-state index is 11.1. The molecule has 0 aliphatic carbocycles. The topological polar surface area (TPSA) is 67.9 Å². The maximum absolute atomic E-state index is 11.1. The fourth-order valence-corrected chi connectivity index (χ4v) is 1.10. The second-order valence-electron chi connectivity index (χ2n) is 2.64. The molecule has 0 saturated carbocycles. The number of ether oxygens (including phenoxy) is 1. The van der Waals surface area contributed by atoms with E-state index in [1.165, 1.54) is 12.5 Å². The van der Waals surface area contributed by atoms with E-state index in [4.69, 9.17) is 16.3 Å². The summed E-state index contributed by atoms with van der Waals surface area (Å²) in [5.41, 5.74) is -0.439. The highest BCUT2D eigenvalue weighted by molar-refractivity contribution is 6.31. The third-order valence-corrected chi connectivity index (χ3v) is 1.95. The van der Waals surface area contributed by atoms with Crippen LogP contribution in [0.1, 0.15) is 0 Å². The molecule has 0 aromatic carbocycles. The largest absolute Gasteiger partial charge is 0.436 e. The summed E-state index contributed by atoms with van der Waals surface area (Å²) in [6.45, 7) is 0. The molecule has 0 aliphatic heterocycles. The summed E-state index contributed by atoms with van der Waals surface area (Å²) in [7, 11) is 0. The minimum Gasteiger partial charge on any atom is -0.436 e. The van der Waals surface area contributed by atoms with Crippen molar-refractivity contribution in [2.24, 2.45) is 0 Å². The number of rotatable bonds is 2. The van der Waals surface area contributed by atoms with Crippen LogP contribution in [-0.2, 0) is 0 Å². The van der Waals surface area contributed by atoms with E-state index in [0.29, 0.717) is 5.75 Å². The van der Waals surface area contributed by atoms with E-state index < -0.39 is 5.56 Å². The van der Waals surface area contributed by atoms with Gasteiger partial charge in [0, 0.05) is 6.20 Å². The van der Waals surface area contributed by atoms with Crippen molar-refractivity contribution in [3.05, 3.63) is 46.2 Å². The summed E-state index contributed by atoms with van der Waals surface area (Å²) in [4.78, 5) is 21.1. The molecule has 0 unspecified atom stereocenters. The summed E-state index contributed by atoms with van der Waals surface area (Å²) >= 11 is 5.69. The van der Waals surface area contributed by atoms with Crippen LogP contribution in [0.15, 0.2) is 35.6 Å². The van der Waals surface area contributed by atoms with Crippen molar-refractivity contribution >= 4 is 11.6 Å². The first-order chi connectivity index (χ1) is 7.27. The van der Waals surface area contributed by atoms with Gasteiger partial charge in [-0.05, 0) is 12.1 Å². The monoisotopic (exact) mass is 223 g/mol. The van der Waals surface area contributed by atoms with Gasteiger partial charge in [-0.2, -0.15) is 0 Å². The average molecular weight is 224 g/mol. The van der Waals surface area contributed by atoms with Gasteiger partial charge in [-0.1, -0.05) is 11.6 Å². The van der Waals surface area contributed by atoms with Crippen molar-refractivity contribution in [1.29, 1.82) is 0 Å². The first kappa shape index (κ1) is 9.67. The Morgan fingerprint density at radius 3 is 3.07 bits per heavy atom. The number of H-pyrrole nitrogens is 1. The summed E-state index contributed by atoms with van der Waals surface area (Å²) in [5.74, 6) is 0.533. The highest BCUT2D eigenvalue weighted by Gasteiger charge is 2.07. The molecule has 0 spiro atoms. The van der Waals surface area contributed by atoms with Crippen molar-refractivity contribution in [3.63, 3.8) is 0 Å². The molecule has 6 heteroatoms. The molecule has 15 heavy (non-hydrogen) atoms. The van der Waals surface area contributed by atoms with Gasteiger partial charge in [0.05, 0.1) is 12.5 Å². The van der Waals surface area contributed by atoms with Gasteiger partial charge in [-0.15, -0.1) is 0 Å². The molecule has 76 valence electrons. The predicted molar refractivity (Wildman–Crippen MR) is 54.2 cm³/mol. The third-order valence-electron chi connectivity index (χ3n) is 1.61. The van der Waals surface area contributed by atoms with Crippen LogP contribution in [-0.4, -0.2) is 15.0 Å². The molecule has 0 amide bonds. The van der Waals surface area contributed by atoms with Crippen molar-refractivity contribution in [3.8, 4) is 11.6 Å². The number of nitrogens with zero attached hydrogens (tertiary/aromatic N) is 2. The molecule has 0 fully saturated rings. The Kier molecular flexibility index (Phi) is 2.64. The van der Waals surface area contributed by atoms with Crippen LogP contribution >= 0.6 is 11.6 Å². The maximum Gasteiger partial charge on any atom is 0.273 e. The van der Waals surface area contributed by atoms with E-state index in [9.17, 15) is 4.79 Å². The van der Waals surface area contributed by atoms with E-state index in [2.05, 4.69) is 15.0 Å². The van der Waals surface area contributed by atoms with Crippen LogP contribution < -0.4 is 10.3 Å². The smallest absolute Gasteiger partial charge is 0.273 e. The standard InChI is InChI=1S/C9H6ClN3O2/c10-7-8(14)12-5-13-9(7)15-6-2-1-3-11-4-6/h1-5H,(H,12,13,14). The quantitative estimate of drug-likeness (QED) is 0.840. The van der Waals surface area contributed by atoms with Crippen LogP contribution in [0, 0.1) is 0 Å². The van der Waals surface area contributed by atoms with E-state index in [1.807, 2.05) is 0 Å². The van der Waals surface area contributed by atoms with E-state index in [0.717, 1.165) is 0 Å². The number of nitrogens with one attached hydrogen (secondary N) is 1. The Bertz CT molecular complexity index is 512. The number of pyridine rings is 1. The second kappa shape index (κ2) is 4.10. The summed E-state index contributed by atoms with van der Waals surface area (Å²) < 4.78 is 5.26. The zero-order chi connectivity index (χ0) is 10.7. The predicted octanol–water partition coefficient (Wildman–Crippen LogP) is 1.61. The van der Waals surface area contributed by atoms with Gasteiger partial charge < -0.3 is 9.72 Å². The molecule has 1 N–H and O–H groups in total. The van der Waals surface area contributed by atoms with E-state index >= 15 is 0 Å². The minimum absolute atomic E-state index is 0.0633. The summed E-state index contributed by atoms with van der Waals surface area (Å²) in [6, 6.07) is 3.39. The van der Waals surface area contributed by atoms with Gasteiger partial charge >= 0.3 is 0 Å². The molecule has 2 rings (SSSR count). The fourth-order valence-electron chi connectivity index (χ4n) is 0.957. The minimum atomic E-state index is -0.439. The number of hydrogen-bond acceptors (Lipinski definition) is 4. The first-order valence-corrected chi connectivity index (χ1v) is 4.46. The molecule has 5 nitrogen and oxygen atoms in total. The zero-order valence-corrected chi connectivity index (χ0v) is 8.23. The fraction of sp³-hybridized carbons (Fsp3) is 0. The van der Waals surface area contributed by atoms with Gasteiger partial charge in [-0.3, -0.25) is 9.78 Å². The molecule has 2 aromatic heterocycles. The Morgan fingerprint density at radius 2 is 2.33 bits per heavy atom. The molecule has 0 atom stereocenters. The highest BCUT2D eigenvalue weighted by atomic mass is 35.5. The molecular formula is C9H6ClN3O2. The molecule has 2 heterocycles. The molecule has 0 radical (unpaired) electrons. The normalized spacial score (nSPS) is 9.93. The average Bonchev–Trinajstić information content (AvgIpc) is 2.26. The molecule has 0 bridgehead atoms. The van der Waals surface area contributed by atoms with E-state index in [1.54, 1.807) is 18.3 Å². The Morgan fingerprint density at radius 1 is 1.47 bits per heavy atom. The van der Waals surface area contributed by atoms with Crippen molar-refractivity contribution in [2.75, 3.05) is 0 Å². The molecule has 0 saturated heterocycles. The Labute approximate surface area is 89.7 Å². The lowest BCUT2D eigenvalue weighted by Crippen LogP contribution is -2.07. The van der Waals surface area contributed by atoms with Crippen LogP contribution in [0.5, 0.6) is 11.6 Å². The first-order valence-electron chi connectivity index (χ1n) is 4.08. The van der Waals surface area contributed by atoms with Crippen LogP contribution in [0.3, 0.4) is 0 Å². The van der Waals surface area contributed by atoms with Crippen LogP contribution in [0.25, 0.3) is 0 Å². The summed E-state index contributed by atoms with van der Waals surface area (Å²) in [6.07, 6.45) is 4.33. The lowest BCUT2D eigenvalue weighted by atomic mass is 10.5. The Hall–Kier alpha value is -1.88. The summed E-state index contributed by atoms with van der Waals surface area (Å²) in [5, 5.41) is -0.0821. The second-order valence-corrected chi connectivity index (χ2v) is 3.02. The van der Waals surface area contributed by atoms with Crippen molar-refractivity contribution < 1.29 is 4.74 Å². The molecule has 0 aliphatic rings. The Balaban J connectivity index is 2.33. The van der Waals surface area contributed by atoms with Crippen LogP contribution in [0.2, 0.25) is 5.02 Å². The van der Waals surface area contributed by atoms with Gasteiger partial charge in [0.2, 0.25) is 5.88 Å². The number of halogens is 1. The van der Waals surface area contributed by atoms with Crippen molar-refractivity contribution in [1.82, 2.24) is 15.0 Å². The number of hydrogen-bond donors (Lipinski definition) is 1. The van der Waals surface area contributed by atoms with Crippen molar-refractivity contribution in [2.45, 2.75) is 0 Å². The van der Waals surface area contributed by atoms with Gasteiger partial charge in [-0.25, -0.2) is 4.98 Å². The van der Waals surface area contributed by atoms with Gasteiger partial charge in [0.1, 0.15) is 5.75 Å². The zero-order valence-electron chi connectivity index (χ0n) is 7.48. The SMILES string of the molecule is O=c1[nH]cnc(Oc2cccnc2)c1Cl. The van der Waals surface area contributed by atoms with Gasteiger partial charge in [0.15, 0.2) is 5.02 Å².